The molecule has 0 amide bonds. The number of rotatable bonds is 5. The van der Waals surface area contributed by atoms with E-state index in [0.717, 1.165) is 5.92 Å². The summed E-state index contributed by atoms with van der Waals surface area (Å²) in [5.41, 5.74) is 8.47. The molecule has 0 heterocycles. The Morgan fingerprint density at radius 2 is 2.00 bits per heavy atom. The summed E-state index contributed by atoms with van der Waals surface area (Å²) in [6.45, 7) is 15.3. The summed E-state index contributed by atoms with van der Waals surface area (Å²) in [6.07, 6.45) is 7.62. The Balaban J connectivity index is 2.59. The van der Waals surface area contributed by atoms with E-state index in [9.17, 15) is 0 Å². The molecule has 0 spiro atoms. The maximum absolute atomic E-state index is 4.17. The lowest BCUT2D eigenvalue weighted by Crippen LogP contribution is -2.13. The topological polar surface area (TPSA) is 0 Å². The van der Waals surface area contributed by atoms with Gasteiger partial charge in [0.15, 0.2) is 0 Å². The van der Waals surface area contributed by atoms with E-state index in [-0.39, 0.29) is 0 Å². The van der Waals surface area contributed by atoms with Crippen molar-refractivity contribution in [3.8, 4) is 0 Å². The summed E-state index contributed by atoms with van der Waals surface area (Å²) in [4.78, 5) is 0. The van der Waals surface area contributed by atoms with Crippen molar-refractivity contribution >= 4 is 11.1 Å². The molecular formula is C21H30. The molecule has 1 saturated carbocycles. The van der Waals surface area contributed by atoms with Crippen LogP contribution in [-0.4, -0.2) is 0 Å². The quantitative estimate of drug-likeness (QED) is 0.560. The number of aryl methyl sites for hydroxylation is 1. The molecule has 1 atom stereocenters. The van der Waals surface area contributed by atoms with E-state index in [0.29, 0.717) is 5.92 Å². The number of allylic oxidation sites excluding steroid dienone is 3. The van der Waals surface area contributed by atoms with E-state index in [1.165, 1.54) is 53.5 Å². The molecule has 1 fully saturated rings. The van der Waals surface area contributed by atoms with Gasteiger partial charge >= 0.3 is 0 Å². The van der Waals surface area contributed by atoms with Gasteiger partial charge in [0.1, 0.15) is 0 Å². The summed E-state index contributed by atoms with van der Waals surface area (Å²) >= 11 is 0. The zero-order chi connectivity index (χ0) is 15.6. The smallest absolute Gasteiger partial charge is 0.0156 e. The predicted molar refractivity (Wildman–Crippen MR) is 95.6 cm³/mol. The molecule has 0 aromatic heterocycles. The highest BCUT2D eigenvalue weighted by atomic mass is 14.3. The summed E-state index contributed by atoms with van der Waals surface area (Å²) in [7, 11) is 0. The Morgan fingerprint density at radius 3 is 2.43 bits per heavy atom. The molecule has 1 aliphatic rings. The van der Waals surface area contributed by atoms with Gasteiger partial charge in [-0.05, 0) is 85.8 Å². The lowest BCUT2D eigenvalue weighted by molar-refractivity contribution is 0.418. The second-order valence-corrected chi connectivity index (χ2v) is 6.72. The zero-order valence-corrected chi connectivity index (χ0v) is 14.4. The van der Waals surface area contributed by atoms with Gasteiger partial charge in [-0.1, -0.05) is 44.6 Å². The van der Waals surface area contributed by atoms with Gasteiger partial charge < -0.3 is 0 Å². The maximum Gasteiger partial charge on any atom is -0.0156 e. The standard InChI is InChI=1S/C21H30/c1-7-15(5)18(8-2)21-13-19(14(3)4)16(6)12-20(21)17-10-9-11-17/h8,12-13,15,17H,3,7,9-11H2,1-2,4-6H3/b18-8+. The van der Waals surface area contributed by atoms with E-state index in [1.54, 1.807) is 5.56 Å². The molecule has 0 heteroatoms. The Morgan fingerprint density at radius 1 is 1.33 bits per heavy atom. The first-order chi connectivity index (χ1) is 9.99. The second kappa shape index (κ2) is 6.64. The fourth-order valence-electron chi connectivity index (χ4n) is 3.42. The Bertz CT molecular complexity index is 556. The van der Waals surface area contributed by atoms with Crippen molar-refractivity contribution in [1.29, 1.82) is 0 Å². The highest BCUT2D eigenvalue weighted by molar-refractivity contribution is 5.76. The van der Waals surface area contributed by atoms with Crippen LogP contribution in [0.15, 0.2) is 24.8 Å². The van der Waals surface area contributed by atoms with Crippen molar-refractivity contribution in [2.75, 3.05) is 0 Å². The minimum Gasteiger partial charge on any atom is -0.0955 e. The van der Waals surface area contributed by atoms with Crippen LogP contribution in [0, 0.1) is 12.8 Å². The average Bonchev–Trinajstić information content (AvgIpc) is 2.39. The molecule has 0 nitrogen and oxygen atoms in total. The van der Waals surface area contributed by atoms with E-state index in [1.807, 2.05) is 0 Å². The lowest BCUT2D eigenvalue weighted by Gasteiger charge is -2.31. The van der Waals surface area contributed by atoms with Crippen molar-refractivity contribution in [3.63, 3.8) is 0 Å². The van der Waals surface area contributed by atoms with Crippen LogP contribution in [0.5, 0.6) is 0 Å². The van der Waals surface area contributed by atoms with E-state index >= 15 is 0 Å². The van der Waals surface area contributed by atoms with Crippen LogP contribution in [0.2, 0.25) is 0 Å². The summed E-state index contributed by atoms with van der Waals surface area (Å²) < 4.78 is 0. The van der Waals surface area contributed by atoms with Crippen LogP contribution in [0.3, 0.4) is 0 Å². The fourth-order valence-corrected chi connectivity index (χ4v) is 3.42. The number of hydrogen-bond acceptors (Lipinski definition) is 0. The van der Waals surface area contributed by atoms with E-state index in [4.69, 9.17) is 0 Å². The lowest BCUT2D eigenvalue weighted by atomic mass is 9.74. The molecule has 0 N–H and O–H groups in total. The van der Waals surface area contributed by atoms with Gasteiger partial charge in [-0.15, -0.1) is 0 Å². The first-order valence-electron chi connectivity index (χ1n) is 8.46. The second-order valence-electron chi connectivity index (χ2n) is 6.72. The normalized spacial score (nSPS) is 17.5. The fraction of sp³-hybridized carbons (Fsp3) is 0.524. The minimum atomic E-state index is 0.620. The largest absolute Gasteiger partial charge is 0.0955 e. The van der Waals surface area contributed by atoms with Gasteiger partial charge in [0.25, 0.3) is 0 Å². The molecule has 1 unspecified atom stereocenters. The molecule has 0 radical (unpaired) electrons. The van der Waals surface area contributed by atoms with Crippen molar-refractivity contribution in [2.45, 2.75) is 66.2 Å². The average molecular weight is 282 g/mol. The summed E-state index contributed by atoms with van der Waals surface area (Å²) in [5.74, 6) is 1.39. The molecule has 2 rings (SSSR count). The SMILES string of the molecule is C=C(C)c1cc(/C(=C/C)C(C)CC)c(C2CCC2)cc1C. The van der Waals surface area contributed by atoms with Crippen LogP contribution in [0.4, 0.5) is 0 Å². The van der Waals surface area contributed by atoms with E-state index in [2.05, 4.69) is 59.4 Å². The summed E-state index contributed by atoms with van der Waals surface area (Å²) in [5, 5.41) is 0. The minimum absolute atomic E-state index is 0.620. The van der Waals surface area contributed by atoms with E-state index < -0.39 is 0 Å². The van der Waals surface area contributed by atoms with Crippen LogP contribution in [-0.2, 0) is 0 Å². The van der Waals surface area contributed by atoms with Crippen molar-refractivity contribution in [3.05, 3.63) is 47.0 Å². The third-order valence-electron chi connectivity index (χ3n) is 5.17. The number of benzene rings is 1. The van der Waals surface area contributed by atoms with Gasteiger partial charge in [-0.2, -0.15) is 0 Å². The highest BCUT2D eigenvalue weighted by Crippen LogP contribution is 2.43. The van der Waals surface area contributed by atoms with Gasteiger partial charge in [0.2, 0.25) is 0 Å². The Labute approximate surface area is 131 Å². The highest BCUT2D eigenvalue weighted by Gasteiger charge is 2.25. The molecule has 114 valence electrons. The predicted octanol–water partition coefficient (Wildman–Crippen LogP) is 6.75. The van der Waals surface area contributed by atoms with Gasteiger partial charge in [-0.3, -0.25) is 0 Å². The van der Waals surface area contributed by atoms with Crippen molar-refractivity contribution in [2.24, 2.45) is 5.92 Å². The van der Waals surface area contributed by atoms with Gasteiger partial charge in [0.05, 0.1) is 0 Å². The summed E-state index contributed by atoms with van der Waals surface area (Å²) in [6, 6.07) is 4.85. The first-order valence-corrected chi connectivity index (χ1v) is 8.46. The van der Waals surface area contributed by atoms with Crippen LogP contribution < -0.4 is 0 Å². The Kier molecular flexibility index (Phi) is 5.08. The van der Waals surface area contributed by atoms with Gasteiger partial charge in [0, 0.05) is 0 Å². The molecule has 0 saturated heterocycles. The molecule has 1 aromatic rings. The molecule has 1 aromatic carbocycles. The van der Waals surface area contributed by atoms with Crippen LogP contribution in [0.25, 0.3) is 11.1 Å². The third kappa shape index (κ3) is 3.15. The molecule has 21 heavy (non-hydrogen) atoms. The zero-order valence-electron chi connectivity index (χ0n) is 14.4. The van der Waals surface area contributed by atoms with Crippen molar-refractivity contribution in [1.82, 2.24) is 0 Å². The molecule has 0 aliphatic heterocycles. The monoisotopic (exact) mass is 282 g/mol. The molecular weight excluding hydrogens is 252 g/mol. The van der Waals surface area contributed by atoms with Gasteiger partial charge in [-0.25, -0.2) is 0 Å². The third-order valence-corrected chi connectivity index (χ3v) is 5.17. The molecule has 1 aliphatic carbocycles. The first kappa shape index (κ1) is 16.1. The van der Waals surface area contributed by atoms with Crippen molar-refractivity contribution < 1.29 is 0 Å². The maximum atomic E-state index is 4.17. The number of hydrogen-bond donors (Lipinski definition) is 0. The van der Waals surface area contributed by atoms with Crippen LogP contribution >= 0.6 is 0 Å². The van der Waals surface area contributed by atoms with Crippen LogP contribution in [0.1, 0.15) is 81.5 Å². The Hall–Kier alpha value is -1.30. The molecule has 0 bridgehead atoms.